The Labute approximate surface area is 77.2 Å². The summed E-state index contributed by atoms with van der Waals surface area (Å²) in [6, 6.07) is 0. The van der Waals surface area contributed by atoms with E-state index in [1.54, 1.807) is 0 Å². The van der Waals surface area contributed by atoms with Crippen molar-refractivity contribution < 1.29 is 0 Å². The minimum absolute atomic E-state index is 0.657. The van der Waals surface area contributed by atoms with Gasteiger partial charge in [0.25, 0.3) is 0 Å². The average molecular weight is 169 g/mol. The number of nitrogens with one attached hydrogen (secondary N) is 1. The van der Waals surface area contributed by atoms with E-state index in [9.17, 15) is 0 Å². The Hall–Kier alpha value is -0.300. The van der Waals surface area contributed by atoms with Gasteiger partial charge in [-0.3, -0.25) is 0 Å². The lowest BCUT2D eigenvalue weighted by Gasteiger charge is -2.12. The lowest BCUT2D eigenvalue weighted by Crippen LogP contribution is -2.22. The zero-order valence-electron chi connectivity index (χ0n) is 8.98. The molecule has 0 aromatic rings. The van der Waals surface area contributed by atoms with E-state index in [-0.39, 0.29) is 0 Å². The minimum Gasteiger partial charge on any atom is -0.316 e. The summed E-state index contributed by atoms with van der Waals surface area (Å²) < 4.78 is 0. The fraction of sp³-hybridized carbons (Fsp3) is 0.818. The highest BCUT2D eigenvalue weighted by Crippen LogP contribution is 2.10. The van der Waals surface area contributed by atoms with Crippen LogP contribution in [0.15, 0.2) is 12.2 Å². The lowest BCUT2D eigenvalue weighted by atomic mass is 10.0. The van der Waals surface area contributed by atoms with Gasteiger partial charge < -0.3 is 5.32 Å². The molecule has 0 saturated carbocycles. The highest BCUT2D eigenvalue weighted by Gasteiger charge is 2.01. The molecular weight excluding hydrogens is 146 g/mol. The van der Waals surface area contributed by atoms with Crippen LogP contribution >= 0.6 is 0 Å². The molecule has 0 heterocycles. The van der Waals surface area contributed by atoms with Crippen LogP contribution in [0.2, 0.25) is 0 Å². The summed E-state index contributed by atoms with van der Waals surface area (Å²) in [4.78, 5) is 0. The molecule has 0 aliphatic carbocycles. The third kappa shape index (κ3) is 6.41. The highest BCUT2D eigenvalue weighted by molar-refractivity contribution is 4.93. The number of hydrogen-bond donors (Lipinski definition) is 1. The van der Waals surface area contributed by atoms with Gasteiger partial charge in [-0.05, 0) is 38.3 Å². The quantitative estimate of drug-likeness (QED) is 0.476. The number of allylic oxidation sites excluding steroid dienone is 1. The van der Waals surface area contributed by atoms with Crippen LogP contribution in [0.4, 0.5) is 0 Å². The third-order valence-corrected chi connectivity index (χ3v) is 2.15. The molecule has 0 saturated heterocycles. The second kappa shape index (κ2) is 6.24. The Balaban J connectivity index is 3.25. The topological polar surface area (TPSA) is 12.0 Å². The number of rotatable bonds is 6. The van der Waals surface area contributed by atoms with E-state index in [1.165, 1.54) is 12.0 Å². The van der Waals surface area contributed by atoms with Gasteiger partial charge in [0.15, 0.2) is 0 Å². The van der Waals surface area contributed by atoms with Gasteiger partial charge in [0.1, 0.15) is 0 Å². The molecule has 1 heteroatoms. The van der Waals surface area contributed by atoms with Crippen molar-refractivity contribution in [3.63, 3.8) is 0 Å². The molecule has 0 amide bonds. The van der Waals surface area contributed by atoms with Crippen molar-refractivity contribution in [3.05, 3.63) is 12.2 Å². The van der Waals surface area contributed by atoms with Crippen molar-refractivity contribution in [2.24, 2.45) is 11.8 Å². The molecule has 1 unspecified atom stereocenters. The van der Waals surface area contributed by atoms with Gasteiger partial charge in [-0.25, -0.2) is 0 Å². The fourth-order valence-corrected chi connectivity index (χ4v) is 0.956. The van der Waals surface area contributed by atoms with Crippen molar-refractivity contribution in [3.8, 4) is 0 Å². The molecule has 1 nitrogen and oxygen atoms in total. The van der Waals surface area contributed by atoms with E-state index < -0.39 is 0 Å². The van der Waals surface area contributed by atoms with Crippen LogP contribution in [0.5, 0.6) is 0 Å². The van der Waals surface area contributed by atoms with Crippen molar-refractivity contribution in [1.29, 1.82) is 0 Å². The molecule has 0 radical (unpaired) electrons. The summed E-state index contributed by atoms with van der Waals surface area (Å²) in [5, 5.41) is 3.43. The van der Waals surface area contributed by atoms with E-state index in [2.05, 4.69) is 39.6 Å². The van der Waals surface area contributed by atoms with Crippen LogP contribution in [0.25, 0.3) is 0 Å². The first kappa shape index (κ1) is 11.7. The molecule has 0 bridgehead atoms. The smallest absolute Gasteiger partial charge is 0.00258 e. The summed E-state index contributed by atoms with van der Waals surface area (Å²) in [5.74, 6) is 1.41. The zero-order chi connectivity index (χ0) is 9.56. The van der Waals surface area contributed by atoms with Gasteiger partial charge in [-0.15, -0.1) is 0 Å². The summed E-state index contributed by atoms with van der Waals surface area (Å²) in [5.41, 5.74) is 1.29. The standard InChI is InChI=1S/C11H23N/c1-9(2)8-12-7-6-11(5)10(3)4/h9,11-12H,3,6-8H2,1-2,4-5H3. The largest absolute Gasteiger partial charge is 0.316 e. The normalized spacial score (nSPS) is 13.4. The van der Waals surface area contributed by atoms with Crippen LogP contribution in [0.3, 0.4) is 0 Å². The monoisotopic (exact) mass is 169 g/mol. The first-order valence-corrected chi connectivity index (χ1v) is 4.90. The molecular formula is C11H23N. The molecule has 0 aromatic carbocycles. The van der Waals surface area contributed by atoms with E-state index >= 15 is 0 Å². The van der Waals surface area contributed by atoms with E-state index in [1.807, 2.05) is 0 Å². The van der Waals surface area contributed by atoms with Gasteiger partial charge in [0.2, 0.25) is 0 Å². The molecule has 0 aromatic heterocycles. The summed E-state index contributed by atoms with van der Waals surface area (Å²) in [6.45, 7) is 15.0. The molecule has 1 N–H and O–H groups in total. The zero-order valence-corrected chi connectivity index (χ0v) is 8.98. The summed E-state index contributed by atoms with van der Waals surface area (Å²) in [6.07, 6.45) is 1.21. The van der Waals surface area contributed by atoms with Crippen LogP contribution in [0.1, 0.15) is 34.1 Å². The third-order valence-electron chi connectivity index (χ3n) is 2.15. The maximum atomic E-state index is 3.94. The van der Waals surface area contributed by atoms with E-state index in [0.29, 0.717) is 5.92 Å². The Morgan fingerprint density at radius 3 is 2.33 bits per heavy atom. The molecule has 72 valence electrons. The van der Waals surface area contributed by atoms with Gasteiger partial charge in [0, 0.05) is 0 Å². The Morgan fingerprint density at radius 2 is 1.92 bits per heavy atom. The summed E-state index contributed by atoms with van der Waals surface area (Å²) in [7, 11) is 0. The van der Waals surface area contributed by atoms with Gasteiger partial charge in [-0.1, -0.05) is 32.9 Å². The highest BCUT2D eigenvalue weighted by atomic mass is 14.8. The maximum Gasteiger partial charge on any atom is -0.00258 e. The van der Waals surface area contributed by atoms with Crippen LogP contribution in [-0.4, -0.2) is 13.1 Å². The molecule has 1 atom stereocenters. The second-order valence-corrected chi connectivity index (χ2v) is 4.13. The van der Waals surface area contributed by atoms with Crippen molar-refractivity contribution in [2.45, 2.75) is 34.1 Å². The van der Waals surface area contributed by atoms with Gasteiger partial charge in [0.05, 0.1) is 0 Å². The Kier molecular flexibility index (Phi) is 6.09. The van der Waals surface area contributed by atoms with Crippen LogP contribution < -0.4 is 5.32 Å². The molecule has 0 aliphatic rings. The SMILES string of the molecule is C=C(C)C(C)CCNCC(C)C. The minimum atomic E-state index is 0.657. The maximum absolute atomic E-state index is 3.94. The summed E-state index contributed by atoms with van der Waals surface area (Å²) >= 11 is 0. The predicted octanol–water partition coefficient (Wildman–Crippen LogP) is 2.83. The van der Waals surface area contributed by atoms with E-state index in [4.69, 9.17) is 0 Å². The molecule has 0 rings (SSSR count). The van der Waals surface area contributed by atoms with Crippen LogP contribution in [-0.2, 0) is 0 Å². The number of hydrogen-bond acceptors (Lipinski definition) is 1. The van der Waals surface area contributed by atoms with Crippen molar-refractivity contribution in [1.82, 2.24) is 5.32 Å². The molecule has 0 fully saturated rings. The first-order chi connectivity index (χ1) is 5.54. The van der Waals surface area contributed by atoms with Crippen molar-refractivity contribution in [2.75, 3.05) is 13.1 Å². The molecule has 12 heavy (non-hydrogen) atoms. The van der Waals surface area contributed by atoms with Gasteiger partial charge in [-0.2, -0.15) is 0 Å². The predicted molar refractivity (Wildman–Crippen MR) is 56.3 cm³/mol. The average Bonchev–Trinajstić information content (AvgIpc) is 1.97. The van der Waals surface area contributed by atoms with Gasteiger partial charge >= 0.3 is 0 Å². The Morgan fingerprint density at radius 1 is 1.33 bits per heavy atom. The fourth-order valence-electron chi connectivity index (χ4n) is 0.956. The first-order valence-electron chi connectivity index (χ1n) is 4.90. The second-order valence-electron chi connectivity index (χ2n) is 4.13. The molecule has 0 aliphatic heterocycles. The van der Waals surface area contributed by atoms with Crippen molar-refractivity contribution >= 4 is 0 Å². The van der Waals surface area contributed by atoms with Crippen LogP contribution in [0, 0.1) is 11.8 Å². The Bertz CT molecular complexity index is 127. The lowest BCUT2D eigenvalue weighted by molar-refractivity contribution is 0.508. The molecule has 0 spiro atoms. The van der Waals surface area contributed by atoms with E-state index in [0.717, 1.165) is 19.0 Å².